The molecule has 0 N–H and O–H groups in total. The summed E-state index contributed by atoms with van der Waals surface area (Å²) in [5, 5.41) is 0. The largest absolute Gasteiger partial charge is 0.328 e. The first-order valence-corrected chi connectivity index (χ1v) is 13.0. The van der Waals surface area contributed by atoms with Crippen molar-refractivity contribution in [3.05, 3.63) is 0 Å². The second-order valence-corrected chi connectivity index (χ2v) is 10.7. The second-order valence-electron chi connectivity index (χ2n) is 10.7. The molecule has 0 aromatic carbocycles. The average Bonchev–Trinajstić information content (AvgIpc) is 2.64. The van der Waals surface area contributed by atoms with E-state index in [0.717, 1.165) is 0 Å². The molecule has 0 amide bonds. The van der Waals surface area contributed by atoms with Gasteiger partial charge in [-0.3, -0.25) is 0 Å². The molecule has 0 fully saturated rings. The van der Waals surface area contributed by atoms with Crippen molar-refractivity contribution < 1.29 is 8.97 Å². The molecule has 28 heavy (non-hydrogen) atoms. The van der Waals surface area contributed by atoms with Gasteiger partial charge >= 0.3 is 0 Å². The number of unbranched alkanes of at least 4 members (excludes halogenated alkanes) is 13. The monoisotopic (exact) mass is 398 g/mol. The van der Waals surface area contributed by atoms with E-state index in [4.69, 9.17) is 0 Å². The molecule has 170 valence electrons. The molecule has 0 heterocycles. The van der Waals surface area contributed by atoms with Gasteiger partial charge in [-0.15, -0.1) is 0 Å². The first-order chi connectivity index (χ1) is 13.3. The first-order valence-electron chi connectivity index (χ1n) is 13.0. The van der Waals surface area contributed by atoms with Crippen LogP contribution < -0.4 is 0 Å². The summed E-state index contributed by atoms with van der Waals surface area (Å²) in [5.41, 5.74) is 0. The Morgan fingerprint density at radius 3 is 0.786 bits per heavy atom. The van der Waals surface area contributed by atoms with Crippen molar-refractivity contribution in [3.8, 4) is 0 Å². The Bertz CT molecular complexity index is 290. The molecule has 0 bridgehead atoms. The summed E-state index contributed by atoms with van der Waals surface area (Å²) in [4.78, 5) is 0. The van der Waals surface area contributed by atoms with E-state index in [-0.39, 0.29) is 0 Å². The van der Waals surface area contributed by atoms with Crippen molar-refractivity contribution in [1.82, 2.24) is 0 Å². The third-order valence-corrected chi connectivity index (χ3v) is 6.51. The highest BCUT2D eigenvalue weighted by Gasteiger charge is 2.15. The van der Waals surface area contributed by atoms with Crippen molar-refractivity contribution >= 4 is 0 Å². The summed E-state index contributed by atoms with van der Waals surface area (Å²) in [6.45, 7) is 10.1. The van der Waals surface area contributed by atoms with Gasteiger partial charge in [0.25, 0.3) is 0 Å². The highest BCUT2D eigenvalue weighted by atomic mass is 15.3. The molecule has 0 saturated heterocycles. The maximum atomic E-state index is 2.44. The van der Waals surface area contributed by atoms with Crippen LogP contribution >= 0.6 is 0 Å². The summed E-state index contributed by atoms with van der Waals surface area (Å²) in [5.74, 6) is 0. The van der Waals surface area contributed by atoms with E-state index in [1.807, 2.05) is 0 Å². The predicted molar refractivity (Wildman–Crippen MR) is 129 cm³/mol. The van der Waals surface area contributed by atoms with Gasteiger partial charge in [0, 0.05) is 0 Å². The molecule has 0 aromatic rings. The molecule has 0 unspecified atom stereocenters. The number of hydrogen-bond donors (Lipinski definition) is 0. The number of hydrogen-bond acceptors (Lipinski definition) is 0. The summed E-state index contributed by atoms with van der Waals surface area (Å²) in [6.07, 6.45) is 22.7. The van der Waals surface area contributed by atoms with E-state index in [1.165, 1.54) is 138 Å². The lowest BCUT2D eigenvalue weighted by atomic mass is 10.1. The van der Waals surface area contributed by atoms with E-state index in [0.29, 0.717) is 0 Å². The zero-order valence-electron chi connectivity index (χ0n) is 21.0. The second kappa shape index (κ2) is 17.8. The van der Waals surface area contributed by atoms with Crippen molar-refractivity contribution in [2.75, 3.05) is 54.4 Å². The highest BCUT2D eigenvalue weighted by Crippen LogP contribution is 2.13. The minimum absolute atomic E-state index is 1.23. The molecule has 0 saturated carbocycles. The molecule has 0 atom stereocenters. The standard InChI is InChI=1S/C26H58N2/c1-7-9-11-13-15-19-23-27(3,4)25-21-17-18-22-26-28(5,6)24-20-16-14-12-10-8-2/h7-26H2,1-6H3/q+2. The van der Waals surface area contributed by atoms with Crippen LogP contribution in [0, 0.1) is 0 Å². The average molecular weight is 399 g/mol. The molecule has 0 aliphatic carbocycles. The van der Waals surface area contributed by atoms with Crippen molar-refractivity contribution in [1.29, 1.82) is 0 Å². The summed E-state index contributed by atoms with van der Waals surface area (Å²) < 4.78 is 2.46. The number of rotatable bonds is 21. The molecule has 2 nitrogen and oxygen atoms in total. The smallest absolute Gasteiger partial charge is 0.0782 e. The van der Waals surface area contributed by atoms with Crippen molar-refractivity contribution in [2.24, 2.45) is 0 Å². The molecule has 2 heteroatoms. The Kier molecular flexibility index (Phi) is 17.7. The third-order valence-electron chi connectivity index (χ3n) is 6.51. The van der Waals surface area contributed by atoms with Gasteiger partial charge in [-0.2, -0.15) is 0 Å². The summed E-state index contributed by atoms with van der Waals surface area (Å²) in [7, 11) is 9.75. The van der Waals surface area contributed by atoms with Gasteiger partial charge in [0.05, 0.1) is 54.4 Å². The lowest BCUT2D eigenvalue weighted by Gasteiger charge is -2.31. The number of quaternary nitrogens is 2. The lowest BCUT2D eigenvalue weighted by Crippen LogP contribution is -2.41. The fourth-order valence-electron chi connectivity index (χ4n) is 4.30. The van der Waals surface area contributed by atoms with Crippen LogP contribution in [0.1, 0.15) is 117 Å². The SMILES string of the molecule is CCCCCCCC[N+](C)(C)CCCCCC[N+](C)(C)CCCCCCCC. The maximum absolute atomic E-state index is 2.44. The Balaban J connectivity index is 3.58. The van der Waals surface area contributed by atoms with Crippen molar-refractivity contribution in [3.63, 3.8) is 0 Å². The van der Waals surface area contributed by atoms with Gasteiger partial charge in [-0.25, -0.2) is 0 Å². The quantitative estimate of drug-likeness (QED) is 0.139. The third kappa shape index (κ3) is 19.2. The van der Waals surface area contributed by atoms with Gasteiger partial charge in [-0.05, 0) is 51.4 Å². The molecule has 0 aromatic heterocycles. The van der Waals surface area contributed by atoms with Crippen LogP contribution in [-0.2, 0) is 0 Å². The minimum atomic E-state index is 1.23. The Morgan fingerprint density at radius 1 is 0.321 bits per heavy atom. The molecular weight excluding hydrogens is 340 g/mol. The van der Waals surface area contributed by atoms with Crippen LogP contribution in [0.25, 0.3) is 0 Å². The topological polar surface area (TPSA) is 0 Å². The molecule has 0 aliphatic rings. The number of nitrogens with zero attached hydrogens (tertiary/aromatic N) is 2. The van der Waals surface area contributed by atoms with Crippen LogP contribution in [0.5, 0.6) is 0 Å². The van der Waals surface area contributed by atoms with E-state index < -0.39 is 0 Å². The molecular formula is C26H58N2+2. The van der Waals surface area contributed by atoms with Gasteiger partial charge in [-0.1, -0.05) is 65.2 Å². The van der Waals surface area contributed by atoms with Crippen LogP contribution in [-0.4, -0.2) is 63.3 Å². The molecule has 0 radical (unpaired) electrons. The highest BCUT2D eigenvalue weighted by molar-refractivity contribution is 4.48. The molecule has 0 spiro atoms. The fourth-order valence-corrected chi connectivity index (χ4v) is 4.30. The van der Waals surface area contributed by atoms with Crippen LogP contribution in [0.4, 0.5) is 0 Å². The van der Waals surface area contributed by atoms with E-state index in [1.54, 1.807) is 0 Å². The summed E-state index contributed by atoms with van der Waals surface area (Å²) in [6, 6.07) is 0. The molecule has 0 aliphatic heterocycles. The Labute approximate surface area is 180 Å². The predicted octanol–water partition coefficient (Wildman–Crippen LogP) is 7.42. The summed E-state index contributed by atoms with van der Waals surface area (Å²) >= 11 is 0. The van der Waals surface area contributed by atoms with E-state index in [9.17, 15) is 0 Å². The fraction of sp³-hybridized carbons (Fsp3) is 1.00. The first kappa shape index (κ1) is 27.9. The lowest BCUT2D eigenvalue weighted by molar-refractivity contribution is -0.891. The van der Waals surface area contributed by atoms with Gasteiger partial charge < -0.3 is 8.97 Å². The van der Waals surface area contributed by atoms with Crippen LogP contribution in [0.3, 0.4) is 0 Å². The normalized spacial score (nSPS) is 12.6. The Hall–Kier alpha value is -0.0800. The van der Waals surface area contributed by atoms with Gasteiger partial charge in [0.2, 0.25) is 0 Å². The van der Waals surface area contributed by atoms with E-state index >= 15 is 0 Å². The molecule has 0 rings (SSSR count). The van der Waals surface area contributed by atoms with Crippen LogP contribution in [0.15, 0.2) is 0 Å². The zero-order chi connectivity index (χ0) is 21.1. The maximum Gasteiger partial charge on any atom is 0.0782 e. The van der Waals surface area contributed by atoms with Crippen molar-refractivity contribution in [2.45, 2.75) is 117 Å². The minimum Gasteiger partial charge on any atom is -0.328 e. The van der Waals surface area contributed by atoms with Crippen LogP contribution in [0.2, 0.25) is 0 Å². The van der Waals surface area contributed by atoms with Gasteiger partial charge in [0.1, 0.15) is 0 Å². The zero-order valence-corrected chi connectivity index (χ0v) is 21.0. The Morgan fingerprint density at radius 2 is 0.536 bits per heavy atom. The van der Waals surface area contributed by atoms with Gasteiger partial charge in [0.15, 0.2) is 0 Å². The van der Waals surface area contributed by atoms with E-state index in [2.05, 4.69) is 42.0 Å².